The lowest BCUT2D eigenvalue weighted by molar-refractivity contribution is -0.122. The zero-order chi connectivity index (χ0) is 11.5. The normalized spacial score (nSPS) is 20.3. The third-order valence-electron chi connectivity index (χ3n) is 2.44. The number of hydrogen-bond acceptors (Lipinski definition) is 5. The van der Waals surface area contributed by atoms with Crippen LogP contribution in [0.15, 0.2) is 6.33 Å². The van der Waals surface area contributed by atoms with E-state index in [0.29, 0.717) is 24.5 Å². The van der Waals surface area contributed by atoms with Crippen molar-refractivity contribution < 1.29 is 4.79 Å². The number of amides is 1. The van der Waals surface area contributed by atoms with Crippen molar-refractivity contribution in [2.75, 3.05) is 17.6 Å². The van der Waals surface area contributed by atoms with Crippen LogP contribution in [0.2, 0.25) is 5.15 Å². The van der Waals surface area contributed by atoms with Gasteiger partial charge in [-0.2, -0.15) is 0 Å². The summed E-state index contributed by atoms with van der Waals surface area (Å²) < 4.78 is 0. The molecule has 0 aromatic carbocycles. The molecule has 16 heavy (non-hydrogen) atoms. The largest absolute Gasteiger partial charge is 0.393 e. The van der Waals surface area contributed by atoms with Crippen LogP contribution in [0.4, 0.5) is 11.5 Å². The predicted molar refractivity (Wildman–Crippen MR) is 61.1 cm³/mol. The van der Waals surface area contributed by atoms with Crippen molar-refractivity contribution in [3.8, 4) is 0 Å². The summed E-state index contributed by atoms with van der Waals surface area (Å²) in [7, 11) is 0. The number of carbonyl (C=O) groups excluding carboxylic acids is 1. The van der Waals surface area contributed by atoms with Crippen LogP contribution in [0.5, 0.6) is 0 Å². The molecule has 0 bridgehead atoms. The quantitative estimate of drug-likeness (QED) is 0.652. The number of nitrogen functional groups attached to an aromatic ring is 1. The zero-order valence-corrected chi connectivity index (χ0v) is 9.29. The number of anilines is 2. The molecule has 0 radical (unpaired) electrons. The average molecular weight is 242 g/mol. The summed E-state index contributed by atoms with van der Waals surface area (Å²) in [4.78, 5) is 18.7. The zero-order valence-electron chi connectivity index (χ0n) is 8.53. The summed E-state index contributed by atoms with van der Waals surface area (Å²) in [6.07, 6.45) is 2.62. The van der Waals surface area contributed by atoms with E-state index in [0.717, 1.165) is 6.42 Å². The van der Waals surface area contributed by atoms with Gasteiger partial charge in [-0.1, -0.05) is 11.6 Å². The van der Waals surface area contributed by atoms with E-state index in [9.17, 15) is 4.79 Å². The van der Waals surface area contributed by atoms with E-state index >= 15 is 0 Å². The van der Waals surface area contributed by atoms with Gasteiger partial charge in [-0.15, -0.1) is 0 Å². The first-order valence-corrected chi connectivity index (χ1v) is 5.34. The minimum absolute atomic E-state index is 0.0757. The number of carbonyl (C=O) groups is 1. The molecule has 1 saturated heterocycles. The van der Waals surface area contributed by atoms with Gasteiger partial charge in [0.15, 0.2) is 11.0 Å². The van der Waals surface area contributed by atoms with Crippen molar-refractivity contribution in [1.82, 2.24) is 15.3 Å². The molecule has 1 aliphatic rings. The van der Waals surface area contributed by atoms with Crippen molar-refractivity contribution in [2.45, 2.75) is 18.9 Å². The molecule has 7 heteroatoms. The topological polar surface area (TPSA) is 92.9 Å². The Balaban J connectivity index is 2.04. The summed E-state index contributed by atoms with van der Waals surface area (Å²) in [6, 6.07) is 0.131. The lowest BCUT2D eigenvalue weighted by Gasteiger charge is -2.24. The van der Waals surface area contributed by atoms with Gasteiger partial charge in [0.25, 0.3) is 0 Å². The van der Waals surface area contributed by atoms with E-state index in [2.05, 4.69) is 20.6 Å². The van der Waals surface area contributed by atoms with E-state index in [4.69, 9.17) is 17.3 Å². The molecule has 1 aromatic rings. The molecule has 6 nitrogen and oxygen atoms in total. The molecule has 1 atom stereocenters. The molecule has 4 N–H and O–H groups in total. The van der Waals surface area contributed by atoms with E-state index in [1.807, 2.05) is 0 Å². The highest BCUT2D eigenvalue weighted by Crippen LogP contribution is 2.23. The van der Waals surface area contributed by atoms with Crippen LogP contribution in [0, 0.1) is 0 Å². The molecule has 1 amide bonds. The number of nitrogens with one attached hydrogen (secondary N) is 2. The van der Waals surface area contributed by atoms with Crippen molar-refractivity contribution in [1.29, 1.82) is 0 Å². The van der Waals surface area contributed by atoms with Crippen LogP contribution in [0.3, 0.4) is 0 Å². The first kappa shape index (κ1) is 10.9. The Hall–Kier alpha value is -1.56. The molecule has 1 aliphatic heterocycles. The standard InChI is InChI=1S/C9H12ClN5O/c10-8-7(11)9(14-4-13-8)15-5-1-2-6(16)12-3-5/h4-5H,1-3,11H2,(H,12,16)(H,13,14,15). The third-order valence-corrected chi connectivity index (χ3v) is 2.74. The van der Waals surface area contributed by atoms with E-state index in [1.165, 1.54) is 6.33 Å². The van der Waals surface area contributed by atoms with Crippen LogP contribution < -0.4 is 16.4 Å². The second-order valence-electron chi connectivity index (χ2n) is 3.61. The average Bonchev–Trinajstić information content (AvgIpc) is 2.28. The van der Waals surface area contributed by atoms with Crippen LogP contribution in [-0.2, 0) is 4.79 Å². The molecule has 1 fully saturated rings. The smallest absolute Gasteiger partial charge is 0.220 e. The second kappa shape index (κ2) is 4.52. The maximum absolute atomic E-state index is 11.0. The van der Waals surface area contributed by atoms with Gasteiger partial charge in [0.2, 0.25) is 5.91 Å². The maximum atomic E-state index is 11.0. The Kier molecular flexibility index (Phi) is 3.09. The number of aromatic nitrogens is 2. The maximum Gasteiger partial charge on any atom is 0.220 e. The number of halogens is 1. The van der Waals surface area contributed by atoms with Gasteiger partial charge in [0.1, 0.15) is 12.0 Å². The molecule has 86 valence electrons. The first-order chi connectivity index (χ1) is 7.66. The van der Waals surface area contributed by atoms with Crippen molar-refractivity contribution in [3.63, 3.8) is 0 Å². The highest BCUT2D eigenvalue weighted by Gasteiger charge is 2.19. The Bertz CT molecular complexity index is 401. The van der Waals surface area contributed by atoms with E-state index in [1.54, 1.807) is 0 Å². The van der Waals surface area contributed by atoms with E-state index in [-0.39, 0.29) is 17.1 Å². The van der Waals surface area contributed by atoms with Gasteiger partial charge in [-0.25, -0.2) is 9.97 Å². The second-order valence-corrected chi connectivity index (χ2v) is 3.97. The fourth-order valence-corrected chi connectivity index (χ4v) is 1.67. The highest BCUT2D eigenvalue weighted by atomic mass is 35.5. The summed E-state index contributed by atoms with van der Waals surface area (Å²) in [5.41, 5.74) is 6.05. The lowest BCUT2D eigenvalue weighted by atomic mass is 10.1. The van der Waals surface area contributed by atoms with Crippen LogP contribution in [0.25, 0.3) is 0 Å². The molecule has 0 spiro atoms. The predicted octanol–water partition coefficient (Wildman–Crippen LogP) is 0.403. The van der Waals surface area contributed by atoms with Gasteiger partial charge in [0, 0.05) is 19.0 Å². The monoisotopic (exact) mass is 241 g/mol. The summed E-state index contributed by atoms with van der Waals surface area (Å²) in [5, 5.41) is 6.14. The van der Waals surface area contributed by atoms with Gasteiger partial charge >= 0.3 is 0 Å². The van der Waals surface area contributed by atoms with Crippen LogP contribution in [-0.4, -0.2) is 28.5 Å². The summed E-state index contributed by atoms with van der Waals surface area (Å²) in [5.74, 6) is 0.591. The number of piperidine rings is 1. The Labute approximate surface area is 97.6 Å². The van der Waals surface area contributed by atoms with Gasteiger partial charge in [-0.3, -0.25) is 4.79 Å². The third kappa shape index (κ3) is 2.33. The molecule has 0 aliphatic carbocycles. The number of nitrogens with zero attached hydrogens (tertiary/aromatic N) is 2. The highest BCUT2D eigenvalue weighted by molar-refractivity contribution is 6.32. The number of rotatable bonds is 2. The first-order valence-electron chi connectivity index (χ1n) is 4.96. The summed E-state index contributed by atoms with van der Waals surface area (Å²) >= 11 is 5.77. The molecular formula is C9H12ClN5O. The van der Waals surface area contributed by atoms with Crippen LogP contribution >= 0.6 is 11.6 Å². The minimum atomic E-state index is 0.0757. The molecule has 1 aromatic heterocycles. The lowest BCUT2D eigenvalue weighted by Crippen LogP contribution is -2.42. The Morgan fingerprint density at radius 1 is 1.56 bits per heavy atom. The molecule has 2 heterocycles. The van der Waals surface area contributed by atoms with Crippen LogP contribution in [0.1, 0.15) is 12.8 Å². The molecule has 2 rings (SSSR count). The van der Waals surface area contributed by atoms with E-state index < -0.39 is 0 Å². The minimum Gasteiger partial charge on any atom is -0.393 e. The van der Waals surface area contributed by atoms with Crippen molar-refractivity contribution >= 4 is 29.0 Å². The number of nitrogens with two attached hydrogens (primary N) is 1. The fourth-order valence-electron chi connectivity index (χ4n) is 1.54. The fraction of sp³-hybridized carbons (Fsp3) is 0.444. The van der Waals surface area contributed by atoms with Crippen molar-refractivity contribution in [2.24, 2.45) is 0 Å². The molecular weight excluding hydrogens is 230 g/mol. The summed E-state index contributed by atoms with van der Waals surface area (Å²) in [6.45, 7) is 0.569. The molecule has 1 unspecified atom stereocenters. The number of hydrogen-bond donors (Lipinski definition) is 3. The van der Waals surface area contributed by atoms with Gasteiger partial charge < -0.3 is 16.4 Å². The Morgan fingerprint density at radius 2 is 2.38 bits per heavy atom. The Morgan fingerprint density at radius 3 is 3.06 bits per heavy atom. The molecule has 0 saturated carbocycles. The van der Waals surface area contributed by atoms with Gasteiger partial charge in [-0.05, 0) is 6.42 Å². The van der Waals surface area contributed by atoms with Gasteiger partial charge in [0.05, 0.1) is 0 Å². The van der Waals surface area contributed by atoms with Crippen molar-refractivity contribution in [3.05, 3.63) is 11.5 Å². The SMILES string of the molecule is Nc1c(Cl)ncnc1NC1CCC(=O)NC1.